The molecule has 0 aromatic heterocycles. The highest BCUT2D eigenvalue weighted by Crippen LogP contribution is 2.29. The molecule has 1 unspecified atom stereocenters. The van der Waals surface area contributed by atoms with Gasteiger partial charge in [0.1, 0.15) is 5.82 Å². The normalized spacial score (nSPS) is 19.2. The van der Waals surface area contributed by atoms with Crippen LogP contribution < -0.4 is 5.32 Å². The van der Waals surface area contributed by atoms with E-state index in [0.717, 1.165) is 24.1 Å². The quantitative estimate of drug-likeness (QED) is 0.803. The molecule has 1 aliphatic heterocycles. The van der Waals surface area contributed by atoms with Crippen molar-refractivity contribution in [2.75, 3.05) is 6.54 Å². The van der Waals surface area contributed by atoms with E-state index < -0.39 is 5.97 Å². The van der Waals surface area contributed by atoms with Crippen LogP contribution in [0.2, 0.25) is 0 Å². The van der Waals surface area contributed by atoms with Gasteiger partial charge in [0.15, 0.2) is 0 Å². The van der Waals surface area contributed by atoms with Crippen molar-refractivity contribution in [2.24, 2.45) is 0 Å². The van der Waals surface area contributed by atoms with Crippen LogP contribution in [0.1, 0.15) is 29.2 Å². The first kappa shape index (κ1) is 11.1. The predicted octanol–water partition coefficient (Wildman–Crippen LogP) is 1.80. The third kappa shape index (κ3) is 1.93. The predicted molar refractivity (Wildman–Crippen MR) is 57.8 cm³/mol. The van der Waals surface area contributed by atoms with E-state index in [0.29, 0.717) is 5.56 Å². The molecule has 0 bridgehead atoms. The summed E-state index contributed by atoms with van der Waals surface area (Å²) in [6, 6.07) is 2.95. The number of rotatable bonds is 2. The second-order valence-corrected chi connectivity index (χ2v) is 4.10. The van der Waals surface area contributed by atoms with Crippen molar-refractivity contribution in [3.8, 4) is 0 Å². The van der Waals surface area contributed by atoms with E-state index in [1.807, 2.05) is 0 Å². The minimum atomic E-state index is -0.867. The van der Waals surface area contributed by atoms with E-state index >= 15 is 0 Å². The summed E-state index contributed by atoms with van der Waals surface area (Å²) >= 11 is 0. The molecule has 0 fully saturated rings. The van der Waals surface area contributed by atoms with Gasteiger partial charge < -0.3 is 10.4 Å². The van der Waals surface area contributed by atoms with Crippen molar-refractivity contribution in [3.05, 3.63) is 34.6 Å². The van der Waals surface area contributed by atoms with Crippen molar-refractivity contribution in [1.82, 2.24) is 5.32 Å². The first-order valence-corrected chi connectivity index (χ1v) is 5.32. The smallest absolute Gasteiger partial charge is 0.305 e. The molecule has 4 heteroatoms. The van der Waals surface area contributed by atoms with Crippen molar-refractivity contribution < 1.29 is 14.3 Å². The van der Waals surface area contributed by atoms with E-state index in [1.54, 1.807) is 13.0 Å². The second kappa shape index (κ2) is 4.22. The number of aliphatic carboxylic acids is 1. The minimum Gasteiger partial charge on any atom is -0.481 e. The van der Waals surface area contributed by atoms with Gasteiger partial charge in [-0.15, -0.1) is 0 Å². The molecule has 0 spiro atoms. The minimum absolute atomic E-state index is 0.00269. The zero-order chi connectivity index (χ0) is 11.7. The number of carboxylic acid groups (broad SMARTS) is 1. The first-order valence-electron chi connectivity index (χ1n) is 5.32. The van der Waals surface area contributed by atoms with Crippen molar-refractivity contribution in [3.63, 3.8) is 0 Å². The molecule has 86 valence electrons. The molecule has 0 radical (unpaired) electrons. The Hall–Kier alpha value is -1.42. The van der Waals surface area contributed by atoms with Crippen LogP contribution in [0.5, 0.6) is 0 Å². The maximum atomic E-state index is 13.4. The van der Waals surface area contributed by atoms with Gasteiger partial charge in [0.2, 0.25) is 0 Å². The monoisotopic (exact) mass is 223 g/mol. The van der Waals surface area contributed by atoms with Gasteiger partial charge in [-0.2, -0.15) is 0 Å². The van der Waals surface area contributed by atoms with Gasteiger partial charge in [-0.1, -0.05) is 6.07 Å². The van der Waals surface area contributed by atoms with Crippen LogP contribution in [0, 0.1) is 12.7 Å². The second-order valence-electron chi connectivity index (χ2n) is 4.10. The number of fused-ring (bicyclic) bond motifs is 1. The van der Waals surface area contributed by atoms with Crippen molar-refractivity contribution in [1.29, 1.82) is 0 Å². The summed E-state index contributed by atoms with van der Waals surface area (Å²) < 4.78 is 13.4. The van der Waals surface area contributed by atoms with E-state index in [1.165, 1.54) is 6.07 Å². The van der Waals surface area contributed by atoms with E-state index in [-0.39, 0.29) is 18.3 Å². The third-order valence-electron chi connectivity index (χ3n) is 3.05. The van der Waals surface area contributed by atoms with Crippen molar-refractivity contribution in [2.45, 2.75) is 25.8 Å². The zero-order valence-electron chi connectivity index (χ0n) is 9.09. The lowest BCUT2D eigenvalue weighted by atomic mass is 9.88. The number of nitrogens with one attached hydrogen (secondary N) is 1. The molecule has 16 heavy (non-hydrogen) atoms. The SMILES string of the molecule is Cc1c(F)ccc2c1C(CC(=O)O)NCC2. The number of halogens is 1. The third-order valence-corrected chi connectivity index (χ3v) is 3.05. The number of benzene rings is 1. The Kier molecular flexibility index (Phi) is 2.92. The maximum Gasteiger partial charge on any atom is 0.305 e. The van der Waals surface area contributed by atoms with Gasteiger partial charge in [-0.05, 0) is 42.6 Å². The zero-order valence-corrected chi connectivity index (χ0v) is 9.09. The van der Waals surface area contributed by atoms with Gasteiger partial charge >= 0.3 is 5.97 Å². The fourth-order valence-electron chi connectivity index (χ4n) is 2.29. The Bertz CT molecular complexity index is 431. The first-order chi connectivity index (χ1) is 7.59. The van der Waals surface area contributed by atoms with Gasteiger partial charge in [0.25, 0.3) is 0 Å². The fraction of sp³-hybridized carbons (Fsp3) is 0.417. The average Bonchev–Trinajstić information content (AvgIpc) is 2.23. The summed E-state index contributed by atoms with van der Waals surface area (Å²) in [6.07, 6.45) is 0.823. The molecule has 0 aliphatic carbocycles. The summed E-state index contributed by atoms with van der Waals surface area (Å²) in [7, 11) is 0. The molecule has 1 aliphatic rings. The molecule has 2 rings (SSSR count). The van der Waals surface area contributed by atoms with Gasteiger partial charge in [0, 0.05) is 6.04 Å². The topological polar surface area (TPSA) is 49.3 Å². The van der Waals surface area contributed by atoms with Crippen LogP contribution in [0.25, 0.3) is 0 Å². The maximum absolute atomic E-state index is 13.4. The molecule has 1 aromatic carbocycles. The van der Waals surface area contributed by atoms with Gasteiger partial charge in [0.05, 0.1) is 6.42 Å². The molecule has 2 N–H and O–H groups in total. The van der Waals surface area contributed by atoms with Crippen LogP contribution >= 0.6 is 0 Å². The molecule has 0 amide bonds. The number of hydrogen-bond donors (Lipinski definition) is 2. The van der Waals surface area contributed by atoms with E-state index in [4.69, 9.17) is 5.11 Å². The highest BCUT2D eigenvalue weighted by Gasteiger charge is 2.24. The van der Waals surface area contributed by atoms with Crippen LogP contribution in [0.15, 0.2) is 12.1 Å². The summed E-state index contributed by atoms with van der Waals surface area (Å²) in [5.41, 5.74) is 2.45. The lowest BCUT2D eigenvalue weighted by molar-refractivity contribution is -0.137. The largest absolute Gasteiger partial charge is 0.481 e. The molecule has 1 aromatic rings. The van der Waals surface area contributed by atoms with Crippen LogP contribution in [0.3, 0.4) is 0 Å². The number of carboxylic acids is 1. The Labute approximate surface area is 93.3 Å². The molecule has 1 heterocycles. The van der Waals surface area contributed by atoms with Crippen LogP contribution in [-0.4, -0.2) is 17.6 Å². The van der Waals surface area contributed by atoms with Crippen LogP contribution in [0.4, 0.5) is 4.39 Å². The Morgan fingerprint density at radius 1 is 1.62 bits per heavy atom. The summed E-state index contributed by atoms with van der Waals surface area (Å²) in [4.78, 5) is 10.7. The molecular weight excluding hydrogens is 209 g/mol. The van der Waals surface area contributed by atoms with Gasteiger partial charge in [-0.25, -0.2) is 4.39 Å². The Morgan fingerprint density at radius 3 is 3.06 bits per heavy atom. The number of hydrogen-bond acceptors (Lipinski definition) is 2. The van der Waals surface area contributed by atoms with E-state index in [2.05, 4.69) is 5.32 Å². The highest BCUT2D eigenvalue weighted by molar-refractivity contribution is 5.68. The summed E-state index contributed by atoms with van der Waals surface area (Å²) in [5, 5.41) is 11.9. The standard InChI is InChI=1S/C12H14FNO2/c1-7-9(13)3-2-8-4-5-14-10(12(7)8)6-11(15)16/h2-3,10,14H,4-6H2,1H3,(H,15,16). The highest BCUT2D eigenvalue weighted by atomic mass is 19.1. The Morgan fingerprint density at radius 2 is 2.38 bits per heavy atom. The van der Waals surface area contributed by atoms with E-state index in [9.17, 15) is 9.18 Å². The molecule has 0 saturated heterocycles. The van der Waals surface area contributed by atoms with Gasteiger partial charge in [-0.3, -0.25) is 4.79 Å². The molecular formula is C12H14FNO2. The van der Waals surface area contributed by atoms with Crippen molar-refractivity contribution >= 4 is 5.97 Å². The summed E-state index contributed by atoms with van der Waals surface area (Å²) in [6.45, 7) is 2.45. The Balaban J connectivity index is 2.43. The molecule has 1 atom stereocenters. The number of carbonyl (C=O) groups is 1. The fourth-order valence-corrected chi connectivity index (χ4v) is 2.29. The molecule has 3 nitrogen and oxygen atoms in total. The lowest BCUT2D eigenvalue weighted by Gasteiger charge is -2.27. The average molecular weight is 223 g/mol. The molecule has 0 saturated carbocycles. The van der Waals surface area contributed by atoms with Crippen LogP contribution in [-0.2, 0) is 11.2 Å². The summed E-state index contributed by atoms with van der Waals surface area (Å²) in [5.74, 6) is -1.13. The lowest BCUT2D eigenvalue weighted by Crippen LogP contribution is -2.32.